The van der Waals surface area contributed by atoms with Gasteiger partial charge < -0.3 is 14.2 Å². The third-order valence-electron chi connectivity index (χ3n) is 10.4. The molecule has 0 N–H and O–H groups in total. The van der Waals surface area contributed by atoms with Crippen molar-refractivity contribution in [1.82, 2.24) is 0 Å². The second-order valence-corrected chi connectivity index (χ2v) is 13.8. The molecule has 0 aliphatic carbocycles. The summed E-state index contributed by atoms with van der Waals surface area (Å²) >= 11 is 0. The van der Waals surface area contributed by atoms with Crippen LogP contribution in [0.2, 0.25) is 0 Å². The van der Waals surface area contributed by atoms with Gasteiger partial charge in [-0.3, -0.25) is 0 Å². The van der Waals surface area contributed by atoms with Gasteiger partial charge in [0.15, 0.2) is 0 Å². The summed E-state index contributed by atoms with van der Waals surface area (Å²) in [6.45, 7) is 0. The molecule has 0 radical (unpaired) electrons. The van der Waals surface area contributed by atoms with E-state index in [1.165, 1.54) is 21.9 Å². The Labute approximate surface area is 320 Å². The molecule has 9 aromatic carbocycles. The maximum atomic E-state index is 6.67. The van der Waals surface area contributed by atoms with Gasteiger partial charge in [-0.15, -0.1) is 0 Å². The summed E-state index contributed by atoms with van der Waals surface area (Å²) in [5.41, 5.74) is 12.7. The molecule has 0 amide bonds. The third-order valence-corrected chi connectivity index (χ3v) is 10.4. The van der Waals surface area contributed by atoms with Gasteiger partial charge in [0.2, 0.25) is 0 Å². The third kappa shape index (κ3) is 5.98. The van der Waals surface area contributed by atoms with Crippen LogP contribution in [0.25, 0.3) is 55.0 Å². The van der Waals surface area contributed by atoms with Crippen molar-refractivity contribution < 1.29 is 4.42 Å². The van der Waals surface area contributed by atoms with E-state index >= 15 is 0 Å². The molecule has 1 heterocycles. The molecule has 0 aliphatic heterocycles. The van der Waals surface area contributed by atoms with Gasteiger partial charge in [-0.25, -0.2) is 0 Å². The van der Waals surface area contributed by atoms with Crippen LogP contribution in [0.3, 0.4) is 0 Å². The highest BCUT2D eigenvalue weighted by Gasteiger charge is 2.22. The van der Waals surface area contributed by atoms with Gasteiger partial charge in [-0.1, -0.05) is 140 Å². The molecule has 0 aliphatic rings. The molecule has 1 aromatic heterocycles. The fraction of sp³-hybridized carbons (Fsp3) is 0. The number of nitrogens with zero attached hydrogens (tertiary/aromatic N) is 2. The maximum absolute atomic E-state index is 6.67. The maximum Gasteiger partial charge on any atom is 0.137 e. The van der Waals surface area contributed by atoms with E-state index in [0.717, 1.165) is 67.2 Å². The van der Waals surface area contributed by atoms with Crippen LogP contribution in [0.5, 0.6) is 0 Å². The lowest BCUT2D eigenvalue weighted by atomic mass is 9.97. The van der Waals surface area contributed by atoms with Crippen LogP contribution in [0, 0.1) is 0 Å². The Morgan fingerprint density at radius 2 is 0.818 bits per heavy atom. The molecular formula is C52H36N2O. The van der Waals surface area contributed by atoms with Crippen LogP contribution in [-0.2, 0) is 0 Å². The summed E-state index contributed by atoms with van der Waals surface area (Å²) in [5.74, 6) is 0. The summed E-state index contributed by atoms with van der Waals surface area (Å²) in [6, 6.07) is 77.5. The monoisotopic (exact) mass is 704 g/mol. The highest BCUT2D eigenvalue weighted by molar-refractivity contribution is 6.15. The molecule has 260 valence electrons. The quantitative estimate of drug-likeness (QED) is 0.157. The number of anilines is 6. The van der Waals surface area contributed by atoms with Crippen molar-refractivity contribution in [1.29, 1.82) is 0 Å². The number of para-hydroxylation sites is 2. The minimum atomic E-state index is 0.837. The van der Waals surface area contributed by atoms with Crippen LogP contribution in [0.1, 0.15) is 0 Å². The summed E-state index contributed by atoms with van der Waals surface area (Å²) in [7, 11) is 0. The van der Waals surface area contributed by atoms with E-state index in [2.05, 4.69) is 228 Å². The minimum absolute atomic E-state index is 0.837. The van der Waals surface area contributed by atoms with Gasteiger partial charge in [-0.05, 0) is 107 Å². The molecule has 0 saturated heterocycles. The minimum Gasteiger partial charge on any atom is -0.456 e. The Balaban J connectivity index is 1.22. The van der Waals surface area contributed by atoms with Crippen LogP contribution in [0.4, 0.5) is 34.1 Å². The van der Waals surface area contributed by atoms with E-state index in [0.29, 0.717) is 0 Å². The molecule has 0 fully saturated rings. The molecule has 0 atom stereocenters. The van der Waals surface area contributed by atoms with Crippen LogP contribution in [0.15, 0.2) is 223 Å². The van der Waals surface area contributed by atoms with Crippen molar-refractivity contribution in [3.63, 3.8) is 0 Å². The Bertz CT molecular complexity index is 2860. The van der Waals surface area contributed by atoms with E-state index in [-0.39, 0.29) is 0 Å². The number of fused-ring (bicyclic) bond motifs is 4. The molecular weight excluding hydrogens is 669 g/mol. The van der Waals surface area contributed by atoms with Crippen LogP contribution >= 0.6 is 0 Å². The molecule has 55 heavy (non-hydrogen) atoms. The first kappa shape index (κ1) is 32.3. The van der Waals surface area contributed by atoms with E-state index in [4.69, 9.17) is 4.42 Å². The molecule has 0 bridgehead atoms. The number of rotatable bonds is 8. The first-order valence-corrected chi connectivity index (χ1v) is 18.7. The first-order chi connectivity index (χ1) is 27.3. The van der Waals surface area contributed by atoms with Crippen molar-refractivity contribution in [3.05, 3.63) is 218 Å². The Morgan fingerprint density at radius 3 is 1.47 bits per heavy atom. The average molecular weight is 705 g/mol. The predicted molar refractivity (Wildman–Crippen MR) is 231 cm³/mol. The predicted octanol–water partition coefficient (Wildman–Crippen LogP) is 15.0. The highest BCUT2D eigenvalue weighted by Crippen LogP contribution is 2.47. The summed E-state index contributed by atoms with van der Waals surface area (Å²) in [4.78, 5) is 4.73. The first-order valence-electron chi connectivity index (χ1n) is 18.7. The lowest BCUT2D eigenvalue weighted by molar-refractivity contribution is 0.669. The van der Waals surface area contributed by atoms with Gasteiger partial charge in [0, 0.05) is 33.5 Å². The molecule has 0 unspecified atom stereocenters. The molecule has 0 spiro atoms. The Kier molecular flexibility index (Phi) is 8.16. The zero-order chi connectivity index (χ0) is 36.6. The van der Waals surface area contributed by atoms with Gasteiger partial charge in [0.25, 0.3) is 0 Å². The van der Waals surface area contributed by atoms with Gasteiger partial charge >= 0.3 is 0 Å². The second-order valence-electron chi connectivity index (χ2n) is 13.8. The Morgan fingerprint density at radius 1 is 0.291 bits per heavy atom. The smallest absolute Gasteiger partial charge is 0.137 e. The van der Waals surface area contributed by atoms with Crippen molar-refractivity contribution in [3.8, 4) is 22.3 Å². The second kappa shape index (κ2) is 13.9. The van der Waals surface area contributed by atoms with Gasteiger partial charge in [0.1, 0.15) is 11.2 Å². The van der Waals surface area contributed by atoms with Crippen molar-refractivity contribution in [2.75, 3.05) is 9.80 Å². The average Bonchev–Trinajstić information content (AvgIpc) is 3.64. The zero-order valence-electron chi connectivity index (χ0n) is 30.1. The van der Waals surface area contributed by atoms with E-state index in [9.17, 15) is 0 Å². The SMILES string of the molecule is c1ccc(-c2cc(-c3ccccc3)cc(N(c3ccccc3)c3cccc4oc5ccc(N(c6ccccc6)c6cccc7ccccc67)cc5c34)c2)cc1. The fourth-order valence-electron chi connectivity index (χ4n) is 7.87. The lowest BCUT2D eigenvalue weighted by Gasteiger charge is -2.28. The molecule has 3 heteroatoms. The topological polar surface area (TPSA) is 19.6 Å². The summed E-state index contributed by atoms with van der Waals surface area (Å²) in [5, 5.41) is 4.49. The van der Waals surface area contributed by atoms with Crippen LogP contribution < -0.4 is 9.80 Å². The lowest BCUT2D eigenvalue weighted by Crippen LogP contribution is -2.11. The normalized spacial score (nSPS) is 11.3. The fourth-order valence-corrected chi connectivity index (χ4v) is 7.87. The number of furan rings is 1. The van der Waals surface area contributed by atoms with Gasteiger partial charge in [-0.2, -0.15) is 0 Å². The molecule has 10 aromatic rings. The Hall–Kier alpha value is -7.36. The standard InChI is InChI=1S/C52H36N2O/c1-5-17-37(18-6-1)40-33-41(38-19-7-2-8-20-38)35-45(34-40)54(43-25-11-4-12-26-43)49-29-16-30-51-52(49)47-36-44(31-32-50(47)55-51)53(42-23-9-3-10-24-42)48-28-15-22-39-21-13-14-27-46(39)48/h1-36H. The molecule has 0 saturated carbocycles. The number of hydrogen-bond donors (Lipinski definition) is 0. The van der Waals surface area contributed by atoms with Crippen LogP contribution in [-0.4, -0.2) is 0 Å². The molecule has 10 rings (SSSR count). The van der Waals surface area contributed by atoms with Gasteiger partial charge in [0.05, 0.1) is 16.8 Å². The number of benzene rings is 9. The van der Waals surface area contributed by atoms with Crippen molar-refractivity contribution in [2.45, 2.75) is 0 Å². The summed E-state index contributed by atoms with van der Waals surface area (Å²) < 4.78 is 6.67. The van der Waals surface area contributed by atoms with E-state index in [1.54, 1.807) is 0 Å². The zero-order valence-corrected chi connectivity index (χ0v) is 30.1. The van der Waals surface area contributed by atoms with Crippen molar-refractivity contribution in [2.24, 2.45) is 0 Å². The van der Waals surface area contributed by atoms with E-state index < -0.39 is 0 Å². The summed E-state index contributed by atoms with van der Waals surface area (Å²) in [6.07, 6.45) is 0. The highest BCUT2D eigenvalue weighted by atomic mass is 16.3. The largest absolute Gasteiger partial charge is 0.456 e. The molecule has 3 nitrogen and oxygen atoms in total. The van der Waals surface area contributed by atoms with E-state index in [1.807, 2.05) is 0 Å². The number of hydrogen-bond acceptors (Lipinski definition) is 3. The van der Waals surface area contributed by atoms with Crippen molar-refractivity contribution >= 4 is 66.8 Å².